The van der Waals surface area contributed by atoms with Gasteiger partial charge in [0.15, 0.2) is 0 Å². The van der Waals surface area contributed by atoms with E-state index in [-0.39, 0.29) is 5.25 Å². The maximum Gasteiger partial charge on any atom is 0.273 e. The molecule has 2 heterocycles. The Morgan fingerprint density at radius 2 is 2.22 bits per heavy atom. The van der Waals surface area contributed by atoms with Gasteiger partial charge in [-0.25, -0.2) is 0 Å². The fourth-order valence-corrected chi connectivity index (χ4v) is 2.96. The van der Waals surface area contributed by atoms with Crippen molar-refractivity contribution in [1.29, 1.82) is 0 Å². The van der Waals surface area contributed by atoms with Crippen LogP contribution in [-0.4, -0.2) is 29.1 Å². The Morgan fingerprint density at radius 1 is 1.39 bits per heavy atom. The van der Waals surface area contributed by atoms with Crippen molar-refractivity contribution in [2.24, 2.45) is 0 Å². The number of para-hydroxylation sites is 1. The Kier molecular flexibility index (Phi) is 2.89. The molecule has 2 atom stereocenters. The summed E-state index contributed by atoms with van der Waals surface area (Å²) in [6, 6.07) is 7.81. The lowest BCUT2D eigenvalue weighted by Gasteiger charge is -2.30. The van der Waals surface area contributed by atoms with Crippen molar-refractivity contribution in [1.82, 2.24) is 10.6 Å². The third-order valence-electron chi connectivity index (χ3n) is 2.78. The average Bonchev–Trinajstić information content (AvgIpc) is 2.41. The molecule has 0 spiro atoms. The molecule has 0 fully saturated rings. The molecule has 2 unspecified atom stereocenters. The highest BCUT2D eigenvalue weighted by molar-refractivity contribution is 8.00. The molecule has 1 aromatic carbocycles. The van der Waals surface area contributed by atoms with Crippen molar-refractivity contribution in [3.63, 3.8) is 0 Å². The maximum absolute atomic E-state index is 11.1. The first kappa shape index (κ1) is 11.4. The molecule has 5 nitrogen and oxygen atoms in total. The van der Waals surface area contributed by atoms with Crippen LogP contribution in [0.4, 0.5) is 0 Å². The van der Waals surface area contributed by atoms with Gasteiger partial charge in [-0.2, -0.15) is 0 Å². The lowest BCUT2D eigenvalue weighted by molar-refractivity contribution is -0.130. The standard InChI is InChI=1S/C12H12N2O3S/c15-11-12(16)14-7(5-13-11)10-6-17-8-3-1-2-4-9(8)18-10/h1-5,10,12,14,16H,6H2,(H,13,15). The highest BCUT2D eigenvalue weighted by Crippen LogP contribution is 2.38. The van der Waals surface area contributed by atoms with Crippen LogP contribution in [0, 0.1) is 0 Å². The normalized spacial score (nSPS) is 26.3. The second-order valence-electron chi connectivity index (χ2n) is 4.02. The van der Waals surface area contributed by atoms with Crippen molar-refractivity contribution in [3.8, 4) is 5.75 Å². The summed E-state index contributed by atoms with van der Waals surface area (Å²) in [6.45, 7) is 0.503. The molecule has 0 bridgehead atoms. The van der Waals surface area contributed by atoms with Gasteiger partial charge in [0.1, 0.15) is 12.4 Å². The Balaban J connectivity index is 1.78. The molecule has 2 aliphatic heterocycles. The van der Waals surface area contributed by atoms with Gasteiger partial charge in [-0.3, -0.25) is 4.79 Å². The van der Waals surface area contributed by atoms with E-state index in [9.17, 15) is 9.90 Å². The summed E-state index contributed by atoms with van der Waals surface area (Å²) < 4.78 is 5.66. The zero-order valence-corrected chi connectivity index (χ0v) is 10.2. The number of ether oxygens (including phenoxy) is 1. The van der Waals surface area contributed by atoms with Crippen molar-refractivity contribution >= 4 is 17.7 Å². The summed E-state index contributed by atoms with van der Waals surface area (Å²) in [6.07, 6.45) is 0.395. The minimum absolute atomic E-state index is 0.0372. The fraction of sp³-hybridized carbons (Fsp3) is 0.250. The van der Waals surface area contributed by atoms with Crippen molar-refractivity contribution < 1.29 is 14.6 Å². The number of hydrogen-bond acceptors (Lipinski definition) is 5. The molecule has 3 rings (SSSR count). The average molecular weight is 264 g/mol. The molecule has 0 aliphatic carbocycles. The van der Waals surface area contributed by atoms with Crippen molar-refractivity contribution in [2.45, 2.75) is 16.4 Å². The lowest BCUT2D eigenvalue weighted by atomic mass is 10.2. The van der Waals surface area contributed by atoms with Gasteiger partial charge in [0.25, 0.3) is 5.91 Å². The zero-order chi connectivity index (χ0) is 12.5. The third-order valence-corrected chi connectivity index (χ3v) is 4.04. The SMILES string of the molecule is O=C1NC=C(C2COc3ccccc3S2)NC1O. The van der Waals surface area contributed by atoms with Gasteiger partial charge in [-0.15, -0.1) is 11.8 Å². The van der Waals surface area contributed by atoms with E-state index in [0.29, 0.717) is 6.61 Å². The maximum atomic E-state index is 11.1. The molecule has 18 heavy (non-hydrogen) atoms. The van der Waals surface area contributed by atoms with Crippen LogP contribution in [0.3, 0.4) is 0 Å². The van der Waals surface area contributed by atoms with E-state index in [4.69, 9.17) is 4.74 Å². The summed E-state index contributed by atoms with van der Waals surface area (Å²) in [4.78, 5) is 12.2. The van der Waals surface area contributed by atoms with Gasteiger partial charge in [-0.05, 0) is 12.1 Å². The molecule has 0 saturated heterocycles. The Morgan fingerprint density at radius 3 is 3.06 bits per heavy atom. The van der Waals surface area contributed by atoms with E-state index in [1.165, 1.54) is 0 Å². The van der Waals surface area contributed by atoms with Crippen molar-refractivity contribution in [2.75, 3.05) is 6.61 Å². The van der Waals surface area contributed by atoms with E-state index < -0.39 is 12.1 Å². The van der Waals surface area contributed by atoms with E-state index in [1.54, 1.807) is 18.0 Å². The molecule has 3 N–H and O–H groups in total. The summed E-state index contributed by atoms with van der Waals surface area (Å²) in [5.74, 6) is 0.431. The minimum atomic E-state index is -1.19. The van der Waals surface area contributed by atoms with Crippen LogP contribution >= 0.6 is 11.8 Å². The summed E-state index contributed by atoms with van der Waals surface area (Å²) in [5, 5.41) is 14.8. The summed E-state index contributed by atoms with van der Waals surface area (Å²) >= 11 is 1.65. The molecule has 1 amide bonds. The fourth-order valence-electron chi connectivity index (χ4n) is 1.85. The Labute approximate surface area is 108 Å². The van der Waals surface area contributed by atoms with Gasteiger partial charge in [0.05, 0.1) is 10.1 Å². The highest BCUT2D eigenvalue weighted by atomic mass is 32.2. The van der Waals surface area contributed by atoms with E-state index in [2.05, 4.69) is 10.6 Å². The predicted octanol–water partition coefficient (Wildman–Crippen LogP) is 0.419. The first-order valence-corrected chi connectivity index (χ1v) is 6.45. The first-order valence-electron chi connectivity index (χ1n) is 5.57. The second-order valence-corrected chi connectivity index (χ2v) is 5.26. The van der Waals surface area contributed by atoms with Crippen LogP contribution in [0.5, 0.6) is 5.75 Å². The van der Waals surface area contributed by atoms with Crippen LogP contribution in [0.15, 0.2) is 41.1 Å². The van der Waals surface area contributed by atoms with Gasteiger partial charge >= 0.3 is 0 Å². The van der Waals surface area contributed by atoms with Gasteiger partial charge < -0.3 is 20.5 Å². The van der Waals surface area contributed by atoms with E-state index in [1.807, 2.05) is 24.3 Å². The first-order chi connectivity index (χ1) is 8.74. The number of aliphatic hydroxyl groups excluding tert-OH is 1. The number of aliphatic hydroxyl groups is 1. The minimum Gasteiger partial charge on any atom is -0.491 e. The van der Waals surface area contributed by atoms with Gasteiger partial charge in [0.2, 0.25) is 6.23 Å². The molecule has 94 valence electrons. The van der Waals surface area contributed by atoms with Crippen LogP contribution in [0.25, 0.3) is 0 Å². The molecule has 0 radical (unpaired) electrons. The van der Waals surface area contributed by atoms with Crippen LogP contribution < -0.4 is 15.4 Å². The number of fused-ring (bicyclic) bond motifs is 1. The largest absolute Gasteiger partial charge is 0.491 e. The molecular formula is C12H12N2O3S. The number of carbonyl (C=O) groups excluding carboxylic acids is 1. The third kappa shape index (κ3) is 2.04. The second kappa shape index (κ2) is 4.55. The monoisotopic (exact) mass is 264 g/mol. The number of rotatable bonds is 1. The summed E-state index contributed by atoms with van der Waals surface area (Å²) in [5.41, 5.74) is 0.765. The molecule has 0 aromatic heterocycles. The molecular weight excluding hydrogens is 252 g/mol. The molecule has 1 aromatic rings. The lowest BCUT2D eigenvalue weighted by Crippen LogP contribution is -2.49. The summed E-state index contributed by atoms with van der Waals surface area (Å²) in [7, 11) is 0. The van der Waals surface area contributed by atoms with Crippen molar-refractivity contribution in [3.05, 3.63) is 36.2 Å². The van der Waals surface area contributed by atoms with Gasteiger partial charge in [0, 0.05) is 11.9 Å². The number of nitrogens with one attached hydrogen (secondary N) is 2. The number of carbonyl (C=O) groups is 1. The number of amides is 1. The number of benzene rings is 1. The highest BCUT2D eigenvalue weighted by Gasteiger charge is 2.28. The van der Waals surface area contributed by atoms with Gasteiger partial charge in [-0.1, -0.05) is 12.1 Å². The smallest absolute Gasteiger partial charge is 0.273 e. The molecule has 6 heteroatoms. The predicted molar refractivity (Wildman–Crippen MR) is 67.0 cm³/mol. The quantitative estimate of drug-likeness (QED) is 0.686. The van der Waals surface area contributed by atoms with E-state index >= 15 is 0 Å². The number of hydrogen-bond donors (Lipinski definition) is 3. The Bertz CT molecular complexity index is 518. The molecule has 2 aliphatic rings. The Hall–Kier alpha value is -1.66. The van der Waals surface area contributed by atoms with E-state index in [0.717, 1.165) is 16.3 Å². The number of thioether (sulfide) groups is 1. The van der Waals surface area contributed by atoms with Crippen LogP contribution in [0.2, 0.25) is 0 Å². The van der Waals surface area contributed by atoms with Crippen LogP contribution in [-0.2, 0) is 4.79 Å². The zero-order valence-electron chi connectivity index (χ0n) is 9.42. The molecule has 0 saturated carbocycles. The topological polar surface area (TPSA) is 70.6 Å². The van der Waals surface area contributed by atoms with Crippen LogP contribution in [0.1, 0.15) is 0 Å².